The second-order valence-electron chi connectivity index (χ2n) is 5.98. The van der Waals surface area contributed by atoms with Gasteiger partial charge < -0.3 is 15.0 Å². The minimum absolute atomic E-state index is 0.176. The van der Waals surface area contributed by atoms with Gasteiger partial charge in [-0.1, -0.05) is 13.8 Å². The van der Waals surface area contributed by atoms with Crippen LogP contribution in [0.5, 0.6) is 0 Å². The van der Waals surface area contributed by atoms with E-state index in [0.717, 1.165) is 62.3 Å². The van der Waals surface area contributed by atoms with E-state index in [1.54, 1.807) is 0 Å². The molecule has 0 unspecified atom stereocenters. The molecule has 0 aliphatic carbocycles. The molecule has 130 valence electrons. The molecule has 2 aromatic rings. The van der Waals surface area contributed by atoms with E-state index in [0.29, 0.717) is 0 Å². The predicted molar refractivity (Wildman–Crippen MR) is 94.3 cm³/mol. The number of aryl methyl sites for hydroxylation is 2. The molecular formula is C17H26N6O. The molecule has 0 radical (unpaired) electrons. The predicted octanol–water partition coefficient (Wildman–Crippen LogP) is 2.17. The average Bonchev–Trinajstić information content (AvgIpc) is 3.06. The zero-order valence-corrected chi connectivity index (χ0v) is 14.7. The van der Waals surface area contributed by atoms with Crippen molar-refractivity contribution in [2.24, 2.45) is 7.05 Å². The Hall–Kier alpha value is -2.15. The van der Waals surface area contributed by atoms with Gasteiger partial charge in [-0.05, 0) is 18.9 Å². The van der Waals surface area contributed by atoms with E-state index in [1.807, 2.05) is 30.1 Å². The summed E-state index contributed by atoms with van der Waals surface area (Å²) in [5, 5.41) is 7.83. The highest BCUT2D eigenvalue weighted by molar-refractivity contribution is 5.45. The Morgan fingerprint density at radius 2 is 2.04 bits per heavy atom. The molecule has 0 aromatic carbocycles. The van der Waals surface area contributed by atoms with Crippen LogP contribution in [0.4, 0.5) is 11.8 Å². The summed E-state index contributed by atoms with van der Waals surface area (Å²) < 4.78 is 7.34. The first-order valence-electron chi connectivity index (χ1n) is 8.66. The van der Waals surface area contributed by atoms with Crippen LogP contribution in [0.3, 0.4) is 0 Å². The summed E-state index contributed by atoms with van der Waals surface area (Å²) in [6.07, 6.45) is 3.67. The van der Waals surface area contributed by atoms with Gasteiger partial charge >= 0.3 is 0 Å². The first-order valence-corrected chi connectivity index (χ1v) is 8.66. The Balaban J connectivity index is 1.85. The van der Waals surface area contributed by atoms with Gasteiger partial charge in [0.15, 0.2) is 0 Å². The molecule has 7 nitrogen and oxygen atoms in total. The molecule has 0 bridgehead atoms. The molecular weight excluding hydrogens is 304 g/mol. The lowest BCUT2D eigenvalue weighted by atomic mass is 10.1. The smallest absolute Gasteiger partial charge is 0.227 e. The Kier molecular flexibility index (Phi) is 5.30. The molecule has 0 saturated carbocycles. The van der Waals surface area contributed by atoms with Crippen molar-refractivity contribution in [2.75, 3.05) is 36.5 Å². The number of aromatic nitrogens is 4. The van der Waals surface area contributed by atoms with Crippen molar-refractivity contribution in [3.05, 3.63) is 29.7 Å². The van der Waals surface area contributed by atoms with E-state index in [2.05, 4.69) is 29.2 Å². The number of anilines is 2. The third-order valence-corrected chi connectivity index (χ3v) is 4.37. The summed E-state index contributed by atoms with van der Waals surface area (Å²) in [5.41, 5.74) is 2.20. The molecule has 1 saturated heterocycles. The summed E-state index contributed by atoms with van der Waals surface area (Å²) in [6.45, 7) is 7.42. The molecule has 1 atom stereocenters. The molecule has 1 aliphatic heterocycles. The molecule has 1 N–H and O–H groups in total. The van der Waals surface area contributed by atoms with Crippen LogP contribution in [0, 0.1) is 0 Å². The summed E-state index contributed by atoms with van der Waals surface area (Å²) >= 11 is 0. The topological polar surface area (TPSA) is 68.1 Å². The van der Waals surface area contributed by atoms with Crippen LogP contribution < -0.4 is 10.2 Å². The quantitative estimate of drug-likeness (QED) is 0.875. The number of nitrogens with zero attached hydrogens (tertiary/aromatic N) is 5. The van der Waals surface area contributed by atoms with E-state index in [9.17, 15) is 0 Å². The lowest BCUT2D eigenvalue weighted by Gasteiger charge is -2.28. The Bertz CT molecular complexity index is 665. The fraction of sp³-hybridized carbons (Fsp3) is 0.588. The van der Waals surface area contributed by atoms with E-state index < -0.39 is 0 Å². The lowest BCUT2D eigenvalue weighted by molar-refractivity contribution is 0.122. The van der Waals surface area contributed by atoms with Crippen LogP contribution >= 0.6 is 0 Å². The van der Waals surface area contributed by atoms with E-state index in [4.69, 9.17) is 14.7 Å². The van der Waals surface area contributed by atoms with Gasteiger partial charge in [0.1, 0.15) is 5.82 Å². The van der Waals surface area contributed by atoms with Crippen molar-refractivity contribution in [3.8, 4) is 0 Å². The van der Waals surface area contributed by atoms with E-state index in [1.165, 1.54) is 0 Å². The fourth-order valence-electron chi connectivity index (χ4n) is 2.93. The van der Waals surface area contributed by atoms with Gasteiger partial charge in [0.05, 0.1) is 24.9 Å². The highest BCUT2D eigenvalue weighted by Crippen LogP contribution is 2.23. The molecule has 1 aliphatic rings. The average molecular weight is 330 g/mol. The maximum absolute atomic E-state index is 5.43. The molecule has 0 spiro atoms. The first kappa shape index (κ1) is 16.7. The van der Waals surface area contributed by atoms with Gasteiger partial charge in [0, 0.05) is 38.1 Å². The van der Waals surface area contributed by atoms with Crippen molar-refractivity contribution < 1.29 is 4.74 Å². The van der Waals surface area contributed by atoms with Gasteiger partial charge in [0.25, 0.3) is 0 Å². The Morgan fingerprint density at radius 1 is 1.25 bits per heavy atom. The second-order valence-corrected chi connectivity index (χ2v) is 5.98. The van der Waals surface area contributed by atoms with Crippen molar-refractivity contribution in [2.45, 2.75) is 32.7 Å². The summed E-state index contributed by atoms with van der Waals surface area (Å²) in [6, 6.07) is 4.27. The van der Waals surface area contributed by atoms with Crippen LogP contribution in [0.2, 0.25) is 0 Å². The zero-order chi connectivity index (χ0) is 16.9. The molecule has 24 heavy (non-hydrogen) atoms. The fourth-order valence-corrected chi connectivity index (χ4v) is 2.93. The summed E-state index contributed by atoms with van der Waals surface area (Å²) in [4.78, 5) is 11.6. The lowest BCUT2D eigenvalue weighted by Crippen LogP contribution is -2.37. The minimum atomic E-state index is 0.176. The SMILES string of the molecule is CCc1cc(N[C@@H](CC)c2ccnn2C)nc(N2CCOCC2)n1. The van der Waals surface area contributed by atoms with Crippen molar-refractivity contribution >= 4 is 11.8 Å². The minimum Gasteiger partial charge on any atom is -0.378 e. The van der Waals surface area contributed by atoms with Gasteiger partial charge in [0.2, 0.25) is 5.95 Å². The normalized spacial score (nSPS) is 16.2. The number of hydrogen-bond acceptors (Lipinski definition) is 6. The van der Waals surface area contributed by atoms with Crippen LogP contribution in [-0.4, -0.2) is 46.1 Å². The van der Waals surface area contributed by atoms with Crippen LogP contribution in [-0.2, 0) is 18.2 Å². The highest BCUT2D eigenvalue weighted by atomic mass is 16.5. The van der Waals surface area contributed by atoms with Crippen molar-refractivity contribution in [1.82, 2.24) is 19.7 Å². The van der Waals surface area contributed by atoms with Gasteiger partial charge in [-0.3, -0.25) is 4.68 Å². The van der Waals surface area contributed by atoms with E-state index >= 15 is 0 Å². The number of hydrogen-bond donors (Lipinski definition) is 1. The largest absolute Gasteiger partial charge is 0.378 e. The maximum atomic E-state index is 5.43. The Morgan fingerprint density at radius 3 is 2.67 bits per heavy atom. The Labute approximate surface area is 143 Å². The molecule has 2 aromatic heterocycles. The molecule has 7 heteroatoms. The van der Waals surface area contributed by atoms with E-state index in [-0.39, 0.29) is 6.04 Å². The van der Waals surface area contributed by atoms with Crippen molar-refractivity contribution in [3.63, 3.8) is 0 Å². The standard InChI is InChI=1S/C17H26N6O/c1-4-13-12-16(20-14(5-2)15-6-7-18-22(15)3)21-17(19-13)23-8-10-24-11-9-23/h6-7,12,14H,4-5,8-11H2,1-3H3,(H,19,20,21)/t14-/m0/s1. The van der Waals surface area contributed by atoms with Gasteiger partial charge in [-0.25, -0.2) is 4.98 Å². The van der Waals surface area contributed by atoms with Gasteiger partial charge in [-0.15, -0.1) is 0 Å². The summed E-state index contributed by atoms with van der Waals surface area (Å²) in [7, 11) is 1.97. The van der Waals surface area contributed by atoms with Crippen LogP contribution in [0.25, 0.3) is 0 Å². The number of nitrogens with one attached hydrogen (secondary N) is 1. The highest BCUT2D eigenvalue weighted by Gasteiger charge is 2.18. The van der Waals surface area contributed by atoms with Gasteiger partial charge in [-0.2, -0.15) is 10.1 Å². The van der Waals surface area contributed by atoms with Crippen LogP contribution in [0.1, 0.15) is 37.7 Å². The number of ether oxygens (including phenoxy) is 1. The third kappa shape index (κ3) is 3.67. The third-order valence-electron chi connectivity index (χ3n) is 4.37. The maximum Gasteiger partial charge on any atom is 0.227 e. The second kappa shape index (κ2) is 7.61. The summed E-state index contributed by atoms with van der Waals surface area (Å²) in [5.74, 6) is 1.66. The molecule has 3 rings (SSSR count). The zero-order valence-electron chi connectivity index (χ0n) is 14.7. The number of rotatable bonds is 6. The van der Waals surface area contributed by atoms with Crippen molar-refractivity contribution in [1.29, 1.82) is 0 Å². The molecule has 1 fully saturated rings. The first-order chi connectivity index (χ1) is 11.7. The molecule has 0 amide bonds. The monoisotopic (exact) mass is 330 g/mol. The van der Waals surface area contributed by atoms with Crippen LogP contribution in [0.15, 0.2) is 18.3 Å². The molecule has 3 heterocycles. The number of morpholine rings is 1.